The van der Waals surface area contributed by atoms with Crippen LogP contribution in [0.25, 0.3) is 0 Å². The molecule has 0 saturated heterocycles. The third-order valence-electron chi connectivity index (χ3n) is 5.99. The first kappa shape index (κ1) is 18.8. The van der Waals surface area contributed by atoms with Crippen molar-refractivity contribution in [2.45, 2.75) is 51.7 Å². The largest absolute Gasteiger partial charge is 0.497 e. The van der Waals surface area contributed by atoms with Gasteiger partial charge in [-0.2, -0.15) is 0 Å². The van der Waals surface area contributed by atoms with Crippen LogP contribution in [0.15, 0.2) is 48.5 Å². The summed E-state index contributed by atoms with van der Waals surface area (Å²) in [5, 5.41) is 0. The first-order chi connectivity index (χ1) is 12.3. The first-order valence-electron chi connectivity index (χ1n) is 9.53. The normalized spacial score (nSPS) is 21.8. The molecule has 0 aromatic heterocycles. The van der Waals surface area contributed by atoms with Crippen LogP contribution in [-0.4, -0.2) is 12.8 Å². The monoisotopic (exact) mass is 353 g/mol. The molecule has 0 radical (unpaired) electrons. The van der Waals surface area contributed by atoms with Crippen LogP contribution < -0.4 is 15.2 Å². The summed E-state index contributed by atoms with van der Waals surface area (Å²) in [5.41, 5.74) is 8.38. The fraction of sp³-hybridized carbons (Fsp3) is 0.478. The molecular weight excluding hydrogens is 322 g/mol. The average Bonchev–Trinajstić information content (AvgIpc) is 3.39. The molecule has 3 atom stereocenters. The molecular formula is C23H31NO2. The number of methoxy groups -OCH3 is 1. The van der Waals surface area contributed by atoms with Crippen LogP contribution in [0, 0.1) is 11.8 Å². The highest BCUT2D eigenvalue weighted by Crippen LogP contribution is 2.47. The Morgan fingerprint density at radius 3 is 1.81 bits per heavy atom. The Kier molecular flexibility index (Phi) is 5.03. The van der Waals surface area contributed by atoms with E-state index in [0.717, 1.165) is 24.3 Å². The third kappa shape index (κ3) is 3.59. The summed E-state index contributed by atoms with van der Waals surface area (Å²) in [6, 6.07) is 16.7. The second-order valence-corrected chi connectivity index (χ2v) is 8.11. The molecule has 0 amide bonds. The Morgan fingerprint density at radius 1 is 0.962 bits per heavy atom. The molecule has 1 fully saturated rings. The van der Waals surface area contributed by atoms with E-state index >= 15 is 0 Å². The van der Waals surface area contributed by atoms with Gasteiger partial charge in [0.2, 0.25) is 0 Å². The summed E-state index contributed by atoms with van der Waals surface area (Å²) in [4.78, 5) is 0. The smallest absolute Gasteiger partial charge is 0.161 e. The van der Waals surface area contributed by atoms with E-state index < -0.39 is 5.72 Å². The van der Waals surface area contributed by atoms with Gasteiger partial charge in [-0.15, -0.1) is 0 Å². The summed E-state index contributed by atoms with van der Waals surface area (Å²) in [6.45, 7) is 8.81. The van der Waals surface area contributed by atoms with Gasteiger partial charge in [0.1, 0.15) is 11.5 Å². The zero-order valence-corrected chi connectivity index (χ0v) is 16.6. The Balaban J connectivity index is 1.77. The Morgan fingerprint density at radius 2 is 1.42 bits per heavy atom. The van der Waals surface area contributed by atoms with Crippen molar-refractivity contribution in [1.29, 1.82) is 0 Å². The van der Waals surface area contributed by atoms with Gasteiger partial charge in [0.15, 0.2) is 5.72 Å². The fourth-order valence-corrected chi connectivity index (χ4v) is 3.75. The maximum atomic E-state index is 6.53. The molecule has 0 aliphatic heterocycles. The SMILES string of the molecule is CCC(N)(Oc1ccc(C(C)(C)c2ccc(OC)cc2)cc1)C1CC1C. The molecule has 1 saturated carbocycles. The highest BCUT2D eigenvalue weighted by atomic mass is 16.5. The molecule has 0 bridgehead atoms. The standard InChI is InChI=1S/C23H31NO2/c1-6-23(24,21-15-16(21)2)26-20-13-9-18(10-14-20)22(3,4)17-7-11-19(25-5)12-8-17/h7-14,16,21H,6,15,24H2,1-5H3. The molecule has 2 N–H and O–H groups in total. The lowest BCUT2D eigenvalue weighted by molar-refractivity contribution is 0.0431. The number of nitrogens with two attached hydrogens (primary N) is 1. The molecule has 0 spiro atoms. The highest BCUT2D eigenvalue weighted by Gasteiger charge is 2.49. The van der Waals surface area contributed by atoms with Gasteiger partial charge in [0.05, 0.1) is 7.11 Å². The van der Waals surface area contributed by atoms with Gasteiger partial charge in [-0.05, 0) is 54.2 Å². The van der Waals surface area contributed by atoms with Crippen molar-refractivity contribution in [3.05, 3.63) is 59.7 Å². The number of hydrogen-bond acceptors (Lipinski definition) is 3. The molecule has 3 rings (SSSR count). The van der Waals surface area contributed by atoms with E-state index in [1.54, 1.807) is 7.11 Å². The molecule has 2 aromatic carbocycles. The van der Waals surface area contributed by atoms with Crippen molar-refractivity contribution in [2.24, 2.45) is 17.6 Å². The molecule has 1 aliphatic carbocycles. The van der Waals surface area contributed by atoms with Gasteiger partial charge in [-0.25, -0.2) is 0 Å². The Bertz CT molecular complexity index is 736. The van der Waals surface area contributed by atoms with Gasteiger partial charge >= 0.3 is 0 Å². The minimum atomic E-state index is -0.549. The topological polar surface area (TPSA) is 44.5 Å². The van der Waals surface area contributed by atoms with E-state index in [0.29, 0.717) is 11.8 Å². The summed E-state index contributed by atoms with van der Waals surface area (Å²) in [6.07, 6.45) is 1.98. The van der Waals surface area contributed by atoms with Crippen LogP contribution in [0.2, 0.25) is 0 Å². The predicted molar refractivity (Wildman–Crippen MR) is 107 cm³/mol. The van der Waals surface area contributed by atoms with E-state index in [1.807, 2.05) is 24.3 Å². The molecule has 3 nitrogen and oxygen atoms in total. The van der Waals surface area contributed by atoms with Crippen LogP contribution in [0.5, 0.6) is 11.5 Å². The molecule has 3 unspecified atom stereocenters. The summed E-state index contributed by atoms with van der Waals surface area (Å²) >= 11 is 0. The van der Waals surface area contributed by atoms with Gasteiger partial charge in [-0.3, -0.25) is 5.73 Å². The maximum Gasteiger partial charge on any atom is 0.161 e. The van der Waals surface area contributed by atoms with Crippen LogP contribution in [0.4, 0.5) is 0 Å². The third-order valence-corrected chi connectivity index (χ3v) is 5.99. The van der Waals surface area contributed by atoms with Crippen LogP contribution in [0.3, 0.4) is 0 Å². The van der Waals surface area contributed by atoms with Crippen LogP contribution >= 0.6 is 0 Å². The lowest BCUT2D eigenvalue weighted by Crippen LogP contribution is -2.48. The molecule has 1 aliphatic rings. The summed E-state index contributed by atoms with van der Waals surface area (Å²) in [7, 11) is 1.69. The van der Waals surface area contributed by atoms with Crippen molar-refractivity contribution in [3.63, 3.8) is 0 Å². The van der Waals surface area contributed by atoms with E-state index in [2.05, 4.69) is 52.0 Å². The number of ether oxygens (including phenoxy) is 2. The van der Waals surface area contributed by atoms with Crippen molar-refractivity contribution < 1.29 is 9.47 Å². The second kappa shape index (κ2) is 6.96. The van der Waals surface area contributed by atoms with E-state index in [-0.39, 0.29) is 5.41 Å². The van der Waals surface area contributed by atoms with Gasteiger partial charge in [0.25, 0.3) is 0 Å². The Hall–Kier alpha value is -2.00. The van der Waals surface area contributed by atoms with Gasteiger partial charge in [0, 0.05) is 11.3 Å². The lowest BCUT2D eigenvalue weighted by Gasteiger charge is -2.31. The van der Waals surface area contributed by atoms with Crippen molar-refractivity contribution in [1.82, 2.24) is 0 Å². The minimum Gasteiger partial charge on any atom is -0.497 e. The molecule has 0 heterocycles. The quantitative estimate of drug-likeness (QED) is 0.703. The first-order valence-corrected chi connectivity index (χ1v) is 9.53. The van der Waals surface area contributed by atoms with Crippen LogP contribution in [0.1, 0.15) is 51.7 Å². The molecule has 26 heavy (non-hydrogen) atoms. The lowest BCUT2D eigenvalue weighted by atomic mass is 9.78. The van der Waals surface area contributed by atoms with Gasteiger partial charge in [-0.1, -0.05) is 52.0 Å². The number of benzene rings is 2. The zero-order chi connectivity index (χ0) is 18.9. The summed E-state index contributed by atoms with van der Waals surface area (Å²) < 4.78 is 11.5. The number of hydrogen-bond donors (Lipinski definition) is 1. The summed E-state index contributed by atoms with van der Waals surface area (Å²) in [5.74, 6) is 2.85. The molecule has 3 heteroatoms. The highest BCUT2D eigenvalue weighted by molar-refractivity contribution is 5.42. The van der Waals surface area contributed by atoms with E-state index in [4.69, 9.17) is 15.2 Å². The van der Waals surface area contributed by atoms with E-state index in [9.17, 15) is 0 Å². The van der Waals surface area contributed by atoms with Crippen molar-refractivity contribution >= 4 is 0 Å². The van der Waals surface area contributed by atoms with Crippen LogP contribution in [-0.2, 0) is 5.41 Å². The van der Waals surface area contributed by atoms with Crippen molar-refractivity contribution in [2.75, 3.05) is 7.11 Å². The fourth-order valence-electron chi connectivity index (χ4n) is 3.75. The zero-order valence-electron chi connectivity index (χ0n) is 16.6. The van der Waals surface area contributed by atoms with Gasteiger partial charge < -0.3 is 9.47 Å². The predicted octanol–water partition coefficient (Wildman–Crippen LogP) is 5.12. The maximum absolute atomic E-state index is 6.53. The molecule has 140 valence electrons. The second-order valence-electron chi connectivity index (χ2n) is 8.11. The van der Waals surface area contributed by atoms with E-state index in [1.165, 1.54) is 11.1 Å². The Labute approximate surface area is 157 Å². The molecule has 2 aromatic rings. The number of rotatable bonds is 7. The minimum absolute atomic E-state index is 0.0969. The van der Waals surface area contributed by atoms with Crippen molar-refractivity contribution in [3.8, 4) is 11.5 Å². The average molecular weight is 354 g/mol.